The fourth-order valence-electron chi connectivity index (χ4n) is 2.76. The van der Waals surface area contributed by atoms with Gasteiger partial charge < -0.3 is 14.4 Å². The third-order valence-electron chi connectivity index (χ3n) is 3.91. The van der Waals surface area contributed by atoms with Gasteiger partial charge in [0.15, 0.2) is 0 Å². The minimum Gasteiger partial charge on any atom is -0.444 e. The molecule has 0 radical (unpaired) electrons. The van der Waals surface area contributed by atoms with Crippen LogP contribution in [-0.4, -0.2) is 40.8 Å². The van der Waals surface area contributed by atoms with Gasteiger partial charge in [0.05, 0.1) is 6.61 Å². The third kappa shape index (κ3) is 6.29. The second-order valence-electron chi connectivity index (χ2n) is 7.15. The van der Waals surface area contributed by atoms with Crippen LogP contribution in [0.15, 0.2) is 18.3 Å². The molecule has 0 bridgehead atoms. The van der Waals surface area contributed by atoms with Crippen molar-refractivity contribution in [2.75, 3.05) is 13.2 Å². The number of hydrogen-bond donors (Lipinski definition) is 0. The van der Waals surface area contributed by atoms with Crippen LogP contribution in [0.4, 0.5) is 4.79 Å². The van der Waals surface area contributed by atoms with E-state index < -0.39 is 5.60 Å². The normalized spacial score (nSPS) is 18.5. The monoisotopic (exact) mass is 354 g/mol. The van der Waals surface area contributed by atoms with E-state index in [1.165, 1.54) is 0 Å². The summed E-state index contributed by atoms with van der Waals surface area (Å²) in [5, 5.41) is 0.481. The predicted molar refractivity (Wildman–Crippen MR) is 94.1 cm³/mol. The Morgan fingerprint density at radius 2 is 2.17 bits per heavy atom. The molecule has 1 saturated heterocycles. The Balaban J connectivity index is 1.78. The number of nitrogens with zero attached hydrogens (tertiary/aromatic N) is 2. The van der Waals surface area contributed by atoms with Gasteiger partial charge in [-0.1, -0.05) is 17.7 Å². The number of piperidine rings is 1. The number of amides is 1. The molecule has 0 spiro atoms. The summed E-state index contributed by atoms with van der Waals surface area (Å²) in [6, 6.07) is 3.85. The molecule has 1 atom stereocenters. The maximum absolute atomic E-state index is 12.4. The van der Waals surface area contributed by atoms with Crippen molar-refractivity contribution in [2.24, 2.45) is 0 Å². The van der Waals surface area contributed by atoms with Crippen LogP contribution in [0.2, 0.25) is 5.15 Å². The van der Waals surface area contributed by atoms with E-state index in [4.69, 9.17) is 21.1 Å². The number of carbonyl (C=O) groups is 1. The number of likely N-dealkylation sites (tertiary alicyclic amines) is 1. The number of pyridine rings is 1. The number of rotatable bonds is 5. The van der Waals surface area contributed by atoms with E-state index in [-0.39, 0.29) is 12.1 Å². The molecule has 0 aliphatic carbocycles. The van der Waals surface area contributed by atoms with Crippen LogP contribution in [0.1, 0.15) is 52.0 Å². The molecule has 0 N–H and O–H groups in total. The Morgan fingerprint density at radius 3 is 2.83 bits per heavy atom. The van der Waals surface area contributed by atoms with Gasteiger partial charge in [0.1, 0.15) is 10.8 Å². The van der Waals surface area contributed by atoms with Crippen LogP contribution < -0.4 is 0 Å². The smallest absolute Gasteiger partial charge is 0.410 e. The standard InChI is InChI=1S/C18H27ClN2O3/c1-18(2,3)24-17(22)21-10-5-4-6-15(21)9-11-23-13-14-7-8-16(19)20-12-14/h7-8,12,15H,4-6,9-11,13H2,1-3H3/t15-/m1/s1. The summed E-state index contributed by atoms with van der Waals surface area (Å²) in [5.74, 6) is 0. The van der Waals surface area contributed by atoms with Crippen molar-refractivity contribution >= 4 is 17.7 Å². The van der Waals surface area contributed by atoms with E-state index in [1.807, 2.05) is 31.7 Å². The minimum absolute atomic E-state index is 0.192. The van der Waals surface area contributed by atoms with Crippen molar-refractivity contribution in [3.05, 3.63) is 29.0 Å². The number of ether oxygens (including phenoxy) is 2. The SMILES string of the molecule is CC(C)(C)OC(=O)N1CCCC[C@@H]1CCOCc1ccc(Cl)nc1. The van der Waals surface area contributed by atoms with Crippen molar-refractivity contribution in [3.63, 3.8) is 0 Å². The van der Waals surface area contributed by atoms with Gasteiger partial charge in [0, 0.05) is 25.4 Å². The zero-order valence-corrected chi connectivity index (χ0v) is 15.5. The summed E-state index contributed by atoms with van der Waals surface area (Å²) in [7, 11) is 0. The van der Waals surface area contributed by atoms with E-state index in [2.05, 4.69) is 4.98 Å². The molecule has 1 aliphatic heterocycles. The van der Waals surface area contributed by atoms with Gasteiger partial charge in [-0.2, -0.15) is 0 Å². The van der Waals surface area contributed by atoms with Crippen molar-refractivity contribution in [3.8, 4) is 0 Å². The average Bonchev–Trinajstić information content (AvgIpc) is 2.52. The van der Waals surface area contributed by atoms with Crippen molar-refractivity contribution in [1.29, 1.82) is 0 Å². The molecule has 6 heteroatoms. The summed E-state index contributed by atoms with van der Waals surface area (Å²) in [5.41, 5.74) is 0.531. The van der Waals surface area contributed by atoms with Gasteiger partial charge in [-0.25, -0.2) is 9.78 Å². The lowest BCUT2D eigenvalue weighted by Crippen LogP contribution is -2.46. The van der Waals surface area contributed by atoms with E-state index >= 15 is 0 Å². The first-order valence-corrected chi connectivity index (χ1v) is 8.91. The molecule has 1 amide bonds. The Kier molecular flexibility index (Phi) is 6.87. The fraction of sp³-hybridized carbons (Fsp3) is 0.667. The molecule has 1 aromatic heterocycles. The molecule has 134 valence electrons. The van der Waals surface area contributed by atoms with E-state index in [0.717, 1.165) is 37.8 Å². The number of hydrogen-bond acceptors (Lipinski definition) is 4. The van der Waals surface area contributed by atoms with Crippen LogP contribution in [0.5, 0.6) is 0 Å². The molecule has 2 heterocycles. The third-order valence-corrected chi connectivity index (χ3v) is 4.13. The number of halogens is 1. The van der Waals surface area contributed by atoms with Crippen LogP contribution >= 0.6 is 11.6 Å². The van der Waals surface area contributed by atoms with Gasteiger partial charge in [-0.05, 0) is 58.1 Å². The van der Waals surface area contributed by atoms with E-state index in [9.17, 15) is 4.79 Å². The van der Waals surface area contributed by atoms with Crippen molar-refractivity contribution < 1.29 is 14.3 Å². The van der Waals surface area contributed by atoms with E-state index in [1.54, 1.807) is 12.3 Å². The van der Waals surface area contributed by atoms with Crippen molar-refractivity contribution in [2.45, 2.75) is 64.7 Å². The minimum atomic E-state index is -0.461. The van der Waals surface area contributed by atoms with Gasteiger partial charge in [-0.3, -0.25) is 0 Å². The van der Waals surface area contributed by atoms with Gasteiger partial charge in [0.2, 0.25) is 0 Å². The predicted octanol–water partition coefficient (Wildman–Crippen LogP) is 4.43. The molecule has 24 heavy (non-hydrogen) atoms. The van der Waals surface area contributed by atoms with Crippen molar-refractivity contribution in [1.82, 2.24) is 9.88 Å². The molecular formula is C18H27ClN2O3. The Labute approximate surface area is 149 Å². The van der Waals surface area contributed by atoms with Gasteiger partial charge >= 0.3 is 6.09 Å². The molecule has 2 rings (SSSR count). The second kappa shape index (κ2) is 8.67. The first kappa shape index (κ1) is 19.0. The lowest BCUT2D eigenvalue weighted by molar-refractivity contribution is 0.00378. The summed E-state index contributed by atoms with van der Waals surface area (Å²) in [6.07, 6.45) is 5.51. The maximum atomic E-state index is 12.4. The summed E-state index contributed by atoms with van der Waals surface area (Å²) in [6.45, 7) is 7.56. The Bertz CT molecular complexity index is 528. The van der Waals surface area contributed by atoms with Crippen LogP contribution in [0.3, 0.4) is 0 Å². The van der Waals surface area contributed by atoms with Crippen LogP contribution in [0, 0.1) is 0 Å². The molecule has 5 nitrogen and oxygen atoms in total. The maximum Gasteiger partial charge on any atom is 0.410 e. The average molecular weight is 355 g/mol. The zero-order chi connectivity index (χ0) is 17.6. The number of carbonyl (C=O) groups excluding carboxylic acids is 1. The lowest BCUT2D eigenvalue weighted by Gasteiger charge is -2.36. The first-order chi connectivity index (χ1) is 11.3. The van der Waals surface area contributed by atoms with Gasteiger partial charge in [0.25, 0.3) is 0 Å². The fourth-order valence-corrected chi connectivity index (χ4v) is 2.87. The summed E-state index contributed by atoms with van der Waals surface area (Å²) >= 11 is 5.76. The second-order valence-corrected chi connectivity index (χ2v) is 7.54. The summed E-state index contributed by atoms with van der Waals surface area (Å²) < 4.78 is 11.2. The molecule has 0 unspecified atom stereocenters. The highest BCUT2D eigenvalue weighted by Gasteiger charge is 2.30. The highest BCUT2D eigenvalue weighted by Crippen LogP contribution is 2.22. The largest absolute Gasteiger partial charge is 0.444 e. The zero-order valence-electron chi connectivity index (χ0n) is 14.8. The number of aromatic nitrogens is 1. The quantitative estimate of drug-likeness (QED) is 0.579. The molecule has 1 aliphatic rings. The first-order valence-electron chi connectivity index (χ1n) is 8.53. The molecule has 1 aromatic rings. The lowest BCUT2D eigenvalue weighted by atomic mass is 10.0. The van der Waals surface area contributed by atoms with Gasteiger partial charge in [-0.15, -0.1) is 0 Å². The Hall–Kier alpha value is -1.33. The molecule has 0 aromatic carbocycles. The highest BCUT2D eigenvalue weighted by molar-refractivity contribution is 6.29. The van der Waals surface area contributed by atoms with E-state index in [0.29, 0.717) is 18.4 Å². The highest BCUT2D eigenvalue weighted by atomic mass is 35.5. The Morgan fingerprint density at radius 1 is 1.38 bits per heavy atom. The molecular weight excluding hydrogens is 328 g/mol. The topological polar surface area (TPSA) is 51.7 Å². The van der Waals surface area contributed by atoms with Crippen LogP contribution in [0.25, 0.3) is 0 Å². The molecule has 1 fully saturated rings. The van der Waals surface area contributed by atoms with Crippen LogP contribution in [-0.2, 0) is 16.1 Å². The molecule has 0 saturated carbocycles. The summed E-state index contributed by atoms with van der Waals surface area (Å²) in [4.78, 5) is 18.2.